The fourth-order valence-corrected chi connectivity index (χ4v) is 1.34. The summed E-state index contributed by atoms with van der Waals surface area (Å²) in [5.41, 5.74) is 0.694. The molecule has 0 aliphatic carbocycles. The summed E-state index contributed by atoms with van der Waals surface area (Å²) in [5, 5.41) is 0. The van der Waals surface area contributed by atoms with E-state index in [9.17, 15) is 4.79 Å². The Morgan fingerprint density at radius 1 is 1.60 bits per heavy atom. The van der Waals surface area contributed by atoms with Crippen molar-refractivity contribution >= 4 is 28.7 Å². The molecule has 78 valence electrons. The first kappa shape index (κ1) is 9.98. The van der Waals surface area contributed by atoms with E-state index in [1.54, 1.807) is 25.1 Å². The van der Waals surface area contributed by atoms with Gasteiger partial charge in [0.2, 0.25) is 0 Å². The van der Waals surface area contributed by atoms with Crippen LogP contribution in [0.15, 0.2) is 29.0 Å². The molecular formula is C10H8ClNO3. The maximum Gasteiger partial charge on any atom is 0.343 e. The quantitative estimate of drug-likeness (QED) is 0.582. The fourth-order valence-electron chi connectivity index (χ4n) is 1.26. The van der Waals surface area contributed by atoms with Crippen molar-refractivity contribution in [3.63, 3.8) is 0 Å². The third kappa shape index (κ3) is 1.94. The number of aromatic nitrogens is 1. The van der Waals surface area contributed by atoms with Crippen LogP contribution >= 0.6 is 11.6 Å². The minimum Gasteiger partial charge on any atom is -0.443 e. The van der Waals surface area contributed by atoms with Gasteiger partial charge in [0, 0.05) is 0 Å². The van der Waals surface area contributed by atoms with Gasteiger partial charge in [-0.1, -0.05) is 17.7 Å². The molecule has 0 bridgehead atoms. The van der Waals surface area contributed by atoms with Gasteiger partial charge in [-0.25, -0.2) is 9.78 Å². The van der Waals surface area contributed by atoms with E-state index in [1.807, 2.05) is 0 Å². The molecule has 1 aromatic heterocycles. The molecule has 4 nitrogen and oxygen atoms in total. The highest BCUT2D eigenvalue weighted by atomic mass is 35.5. The van der Waals surface area contributed by atoms with Crippen molar-refractivity contribution in [3.8, 4) is 0 Å². The van der Waals surface area contributed by atoms with Gasteiger partial charge in [0.15, 0.2) is 17.5 Å². The monoisotopic (exact) mass is 225 g/mol. The van der Waals surface area contributed by atoms with Gasteiger partial charge in [-0.2, -0.15) is 0 Å². The minimum absolute atomic E-state index is 0.331. The highest BCUT2D eigenvalue weighted by Gasteiger charge is 2.15. The van der Waals surface area contributed by atoms with Crippen LogP contribution in [0.5, 0.6) is 0 Å². The van der Waals surface area contributed by atoms with Crippen LogP contribution in [0, 0.1) is 0 Å². The Morgan fingerprint density at radius 2 is 2.40 bits per heavy atom. The number of ether oxygens (including phenoxy) is 1. The molecule has 0 fully saturated rings. The summed E-state index contributed by atoms with van der Waals surface area (Å²) in [6, 6.07) is 5.06. The Bertz CT molecular complexity index is 492. The first-order valence-electron chi connectivity index (χ1n) is 4.36. The number of carbonyl (C=O) groups is 1. The van der Waals surface area contributed by atoms with Gasteiger partial charge in [-0.05, 0) is 19.1 Å². The lowest BCUT2D eigenvalue weighted by Gasteiger charge is -2.05. The zero-order valence-electron chi connectivity index (χ0n) is 7.94. The van der Waals surface area contributed by atoms with Crippen LogP contribution in [0.4, 0.5) is 0 Å². The zero-order chi connectivity index (χ0) is 10.8. The van der Waals surface area contributed by atoms with Gasteiger partial charge in [-0.3, -0.25) is 0 Å². The van der Waals surface area contributed by atoms with E-state index < -0.39 is 11.5 Å². The number of nitrogens with zero attached hydrogens (tertiary/aromatic N) is 1. The lowest BCUT2D eigenvalue weighted by atomic mass is 10.2. The van der Waals surface area contributed by atoms with Gasteiger partial charge in [0.1, 0.15) is 11.1 Å². The second kappa shape index (κ2) is 3.90. The van der Waals surface area contributed by atoms with E-state index in [-0.39, 0.29) is 0 Å². The summed E-state index contributed by atoms with van der Waals surface area (Å²) in [4.78, 5) is 15.5. The number of para-hydroxylation sites is 1. The Kier molecular flexibility index (Phi) is 2.60. The number of fused-ring (bicyclic) bond motifs is 1. The Labute approximate surface area is 90.8 Å². The predicted octanol–water partition coefficient (Wildman–Crippen LogP) is 2.57. The highest BCUT2D eigenvalue weighted by Crippen LogP contribution is 2.18. The van der Waals surface area contributed by atoms with Crippen LogP contribution in [0.1, 0.15) is 17.3 Å². The van der Waals surface area contributed by atoms with Crippen LogP contribution in [0.3, 0.4) is 0 Å². The Morgan fingerprint density at radius 3 is 3.13 bits per heavy atom. The molecule has 0 amide bonds. The van der Waals surface area contributed by atoms with Gasteiger partial charge < -0.3 is 9.15 Å². The van der Waals surface area contributed by atoms with Crippen molar-refractivity contribution in [1.29, 1.82) is 0 Å². The van der Waals surface area contributed by atoms with Crippen molar-refractivity contribution in [1.82, 2.24) is 4.98 Å². The molecule has 0 aliphatic heterocycles. The fraction of sp³-hybridized carbons (Fsp3) is 0.200. The molecule has 15 heavy (non-hydrogen) atoms. The normalized spacial score (nSPS) is 12.7. The number of oxazole rings is 1. The Balaban J connectivity index is 2.42. The summed E-state index contributed by atoms with van der Waals surface area (Å²) in [7, 11) is 0. The number of benzene rings is 1. The number of esters is 1. The smallest absolute Gasteiger partial charge is 0.343 e. The third-order valence-electron chi connectivity index (χ3n) is 1.85. The molecule has 0 aliphatic rings. The lowest BCUT2D eigenvalue weighted by molar-refractivity contribution is 0.0473. The van der Waals surface area contributed by atoms with E-state index in [4.69, 9.17) is 20.8 Å². The molecular weight excluding hydrogens is 218 g/mol. The molecule has 2 rings (SSSR count). The maximum atomic E-state index is 11.6. The van der Waals surface area contributed by atoms with Crippen molar-refractivity contribution in [2.75, 3.05) is 0 Å². The Hall–Kier alpha value is -1.55. The van der Waals surface area contributed by atoms with E-state index in [0.29, 0.717) is 16.7 Å². The van der Waals surface area contributed by atoms with Crippen LogP contribution in [-0.4, -0.2) is 16.5 Å². The number of hydrogen-bond acceptors (Lipinski definition) is 4. The van der Waals surface area contributed by atoms with Gasteiger partial charge in [0.05, 0.1) is 0 Å². The second-order valence-electron chi connectivity index (χ2n) is 2.95. The van der Waals surface area contributed by atoms with Crippen LogP contribution in [-0.2, 0) is 4.74 Å². The molecule has 1 unspecified atom stereocenters. The first-order valence-corrected chi connectivity index (χ1v) is 4.79. The van der Waals surface area contributed by atoms with Gasteiger partial charge in [-0.15, -0.1) is 0 Å². The summed E-state index contributed by atoms with van der Waals surface area (Å²) in [6.07, 6.45) is 1.28. The number of alkyl halides is 1. The molecule has 0 N–H and O–H groups in total. The summed E-state index contributed by atoms with van der Waals surface area (Å²) < 4.78 is 9.95. The molecule has 1 heterocycles. The van der Waals surface area contributed by atoms with Crippen LogP contribution in [0.25, 0.3) is 11.1 Å². The largest absolute Gasteiger partial charge is 0.443 e. The van der Waals surface area contributed by atoms with E-state index in [0.717, 1.165) is 0 Å². The van der Waals surface area contributed by atoms with Crippen LogP contribution in [0.2, 0.25) is 0 Å². The minimum atomic E-state index is -0.671. The molecule has 0 spiro atoms. The molecule has 0 saturated heterocycles. The van der Waals surface area contributed by atoms with Crippen molar-refractivity contribution in [2.24, 2.45) is 0 Å². The molecule has 0 radical (unpaired) electrons. The third-order valence-corrected chi connectivity index (χ3v) is 1.94. The second-order valence-corrected chi connectivity index (χ2v) is 3.57. The summed E-state index contributed by atoms with van der Waals surface area (Å²) >= 11 is 5.56. The SMILES string of the molecule is CC(Cl)OC(=O)c1cccc2ncoc12. The number of rotatable bonds is 2. The molecule has 1 atom stereocenters. The van der Waals surface area contributed by atoms with Crippen molar-refractivity contribution in [2.45, 2.75) is 12.5 Å². The van der Waals surface area contributed by atoms with E-state index in [1.165, 1.54) is 6.39 Å². The number of carbonyl (C=O) groups excluding carboxylic acids is 1. The molecule has 5 heteroatoms. The van der Waals surface area contributed by atoms with Gasteiger partial charge in [0.25, 0.3) is 0 Å². The molecule has 0 saturated carbocycles. The average Bonchev–Trinajstić information content (AvgIpc) is 2.63. The van der Waals surface area contributed by atoms with Crippen molar-refractivity contribution in [3.05, 3.63) is 30.2 Å². The first-order chi connectivity index (χ1) is 7.18. The summed E-state index contributed by atoms with van der Waals surface area (Å²) in [6.45, 7) is 1.57. The number of hydrogen-bond donors (Lipinski definition) is 0. The number of halogens is 1. The predicted molar refractivity (Wildman–Crippen MR) is 54.7 cm³/mol. The molecule has 2 aromatic rings. The van der Waals surface area contributed by atoms with Crippen molar-refractivity contribution < 1.29 is 13.9 Å². The van der Waals surface area contributed by atoms with E-state index in [2.05, 4.69) is 4.98 Å². The maximum absolute atomic E-state index is 11.6. The standard InChI is InChI=1S/C10H8ClNO3/c1-6(11)15-10(13)7-3-2-4-8-9(7)14-5-12-8/h2-6H,1H3. The zero-order valence-corrected chi connectivity index (χ0v) is 8.69. The molecule has 1 aromatic carbocycles. The highest BCUT2D eigenvalue weighted by molar-refractivity contribution is 6.20. The van der Waals surface area contributed by atoms with Crippen LogP contribution < -0.4 is 0 Å². The topological polar surface area (TPSA) is 52.3 Å². The lowest BCUT2D eigenvalue weighted by Crippen LogP contribution is -2.09. The van der Waals surface area contributed by atoms with Gasteiger partial charge >= 0.3 is 5.97 Å². The van der Waals surface area contributed by atoms with E-state index >= 15 is 0 Å². The average molecular weight is 226 g/mol. The summed E-state index contributed by atoms with van der Waals surface area (Å²) in [5.74, 6) is -0.514.